The van der Waals surface area contributed by atoms with E-state index in [4.69, 9.17) is 0 Å². The van der Waals surface area contributed by atoms with Gasteiger partial charge in [0, 0.05) is 26.3 Å². The molecule has 0 bridgehead atoms. The number of thiophene rings is 1. The molecule has 0 aliphatic carbocycles. The van der Waals surface area contributed by atoms with E-state index in [1.807, 2.05) is 6.92 Å². The first-order valence-corrected chi connectivity index (χ1v) is 6.72. The van der Waals surface area contributed by atoms with Crippen molar-refractivity contribution in [3.63, 3.8) is 0 Å². The fourth-order valence-electron chi connectivity index (χ4n) is 1.20. The number of nitrogens with one attached hydrogen (secondary N) is 1. The smallest absolute Gasteiger partial charge is 0.0610 e. The minimum absolute atomic E-state index is 0.162. The number of aliphatic hydroxyl groups is 1. The molecule has 0 fully saturated rings. The first-order chi connectivity index (χ1) is 7.00. The van der Waals surface area contributed by atoms with Crippen LogP contribution in [-0.4, -0.2) is 17.3 Å². The molecule has 1 aromatic heterocycles. The third-order valence-corrected chi connectivity index (χ3v) is 4.86. The zero-order valence-corrected chi connectivity index (χ0v) is 11.8. The summed E-state index contributed by atoms with van der Waals surface area (Å²) in [5.41, 5.74) is -0.162. The summed E-state index contributed by atoms with van der Waals surface area (Å²) in [6, 6.07) is 2.14. The molecule has 1 heterocycles. The molecule has 0 spiro atoms. The first-order valence-electron chi connectivity index (χ1n) is 5.11. The van der Waals surface area contributed by atoms with E-state index in [1.165, 1.54) is 14.2 Å². The third kappa shape index (κ3) is 3.55. The Balaban J connectivity index is 2.56. The Bertz CT molecular complexity index is 301. The normalized spacial score (nSPS) is 15.3. The molecule has 2 N–H and O–H groups in total. The molecule has 0 saturated carbocycles. The molecular formula is C11H18BrNOS. The maximum absolute atomic E-state index is 9.25. The fourth-order valence-corrected chi connectivity index (χ4v) is 2.74. The van der Waals surface area contributed by atoms with E-state index >= 15 is 0 Å². The van der Waals surface area contributed by atoms with Crippen LogP contribution in [0.15, 0.2) is 10.5 Å². The Morgan fingerprint density at radius 2 is 2.27 bits per heavy atom. The van der Waals surface area contributed by atoms with Gasteiger partial charge in [-0.05, 0) is 42.3 Å². The van der Waals surface area contributed by atoms with Crippen molar-refractivity contribution in [2.45, 2.75) is 39.3 Å². The Morgan fingerprint density at radius 3 is 2.67 bits per heavy atom. The number of aliphatic hydroxyl groups excluding tert-OH is 1. The first kappa shape index (κ1) is 13.2. The van der Waals surface area contributed by atoms with E-state index < -0.39 is 0 Å². The average Bonchev–Trinajstić information content (AvgIpc) is 2.55. The molecule has 15 heavy (non-hydrogen) atoms. The van der Waals surface area contributed by atoms with Crippen molar-refractivity contribution in [1.29, 1.82) is 0 Å². The average molecular weight is 292 g/mol. The van der Waals surface area contributed by atoms with E-state index in [1.54, 1.807) is 11.3 Å². The van der Waals surface area contributed by atoms with Gasteiger partial charge in [0.1, 0.15) is 0 Å². The molecule has 1 rings (SSSR count). The van der Waals surface area contributed by atoms with E-state index in [0.29, 0.717) is 0 Å². The van der Waals surface area contributed by atoms with Crippen LogP contribution in [0.2, 0.25) is 0 Å². The molecular weight excluding hydrogens is 274 g/mol. The molecule has 0 aliphatic rings. The molecule has 4 heteroatoms. The van der Waals surface area contributed by atoms with Crippen LogP contribution in [0.25, 0.3) is 0 Å². The lowest BCUT2D eigenvalue weighted by Gasteiger charge is -2.26. The van der Waals surface area contributed by atoms with Crippen LogP contribution in [-0.2, 0) is 6.54 Å². The van der Waals surface area contributed by atoms with Gasteiger partial charge in [-0.2, -0.15) is 0 Å². The summed E-state index contributed by atoms with van der Waals surface area (Å²) < 4.78 is 1.17. The van der Waals surface area contributed by atoms with Crippen molar-refractivity contribution >= 4 is 27.3 Å². The summed E-state index contributed by atoms with van der Waals surface area (Å²) in [6.07, 6.45) is 0.926. The van der Waals surface area contributed by atoms with Crippen LogP contribution in [0.4, 0.5) is 0 Å². The molecule has 0 radical (unpaired) electrons. The van der Waals surface area contributed by atoms with Crippen LogP contribution < -0.4 is 5.32 Å². The Morgan fingerprint density at radius 1 is 1.60 bits per heavy atom. The predicted octanol–water partition coefficient (Wildman–Crippen LogP) is 3.07. The van der Waals surface area contributed by atoms with Crippen LogP contribution in [0, 0.1) is 6.92 Å². The second-order valence-corrected chi connectivity index (χ2v) is 6.24. The lowest BCUT2D eigenvalue weighted by atomic mass is 10.0. The van der Waals surface area contributed by atoms with Crippen molar-refractivity contribution in [3.8, 4) is 0 Å². The Hall–Kier alpha value is 0.1000. The van der Waals surface area contributed by atoms with Gasteiger partial charge in [0.15, 0.2) is 0 Å². The van der Waals surface area contributed by atoms with Crippen LogP contribution in [0.3, 0.4) is 0 Å². The Kier molecular flexibility index (Phi) is 4.77. The third-order valence-electron chi connectivity index (χ3n) is 2.73. The van der Waals surface area contributed by atoms with Gasteiger partial charge >= 0.3 is 0 Å². The van der Waals surface area contributed by atoms with Crippen molar-refractivity contribution in [2.24, 2.45) is 0 Å². The summed E-state index contributed by atoms with van der Waals surface area (Å²) in [7, 11) is 0. The summed E-state index contributed by atoms with van der Waals surface area (Å²) >= 11 is 5.29. The van der Waals surface area contributed by atoms with Gasteiger partial charge in [-0.3, -0.25) is 0 Å². The van der Waals surface area contributed by atoms with E-state index in [9.17, 15) is 5.11 Å². The lowest BCUT2D eigenvalue weighted by molar-refractivity contribution is 0.169. The lowest BCUT2D eigenvalue weighted by Crippen LogP contribution is -2.44. The standard InChI is InChI=1S/C11H18BrNOS/c1-4-11(3,7-14)13-6-9-5-10(12)8(2)15-9/h5,13-14H,4,6-7H2,1-3H3. The van der Waals surface area contributed by atoms with Gasteiger partial charge in [0.05, 0.1) is 6.61 Å². The van der Waals surface area contributed by atoms with E-state index in [2.05, 4.69) is 41.2 Å². The van der Waals surface area contributed by atoms with Gasteiger partial charge in [0.2, 0.25) is 0 Å². The van der Waals surface area contributed by atoms with Crippen LogP contribution >= 0.6 is 27.3 Å². The molecule has 1 aromatic rings. The minimum Gasteiger partial charge on any atom is -0.394 e. The van der Waals surface area contributed by atoms with Gasteiger partial charge < -0.3 is 10.4 Å². The zero-order valence-electron chi connectivity index (χ0n) is 9.43. The van der Waals surface area contributed by atoms with Gasteiger partial charge in [-0.15, -0.1) is 11.3 Å². The Labute approximate surface area is 104 Å². The number of rotatable bonds is 5. The number of hydrogen-bond donors (Lipinski definition) is 2. The summed E-state index contributed by atoms with van der Waals surface area (Å²) in [5, 5.41) is 12.6. The summed E-state index contributed by atoms with van der Waals surface area (Å²) in [6.45, 7) is 7.22. The van der Waals surface area contributed by atoms with Gasteiger partial charge in [-0.1, -0.05) is 6.92 Å². The highest BCUT2D eigenvalue weighted by Gasteiger charge is 2.19. The predicted molar refractivity (Wildman–Crippen MR) is 69.4 cm³/mol. The SMILES string of the molecule is CCC(C)(CO)NCc1cc(Br)c(C)s1. The van der Waals surface area contributed by atoms with Crippen molar-refractivity contribution in [3.05, 3.63) is 20.3 Å². The van der Waals surface area contributed by atoms with Crippen LogP contribution in [0.1, 0.15) is 30.0 Å². The quantitative estimate of drug-likeness (QED) is 0.874. The summed E-state index contributed by atoms with van der Waals surface area (Å²) in [5.74, 6) is 0. The number of halogens is 1. The summed E-state index contributed by atoms with van der Waals surface area (Å²) in [4.78, 5) is 2.60. The largest absolute Gasteiger partial charge is 0.394 e. The second kappa shape index (κ2) is 5.43. The van der Waals surface area contributed by atoms with E-state index in [0.717, 1.165) is 13.0 Å². The monoisotopic (exact) mass is 291 g/mol. The molecule has 1 unspecified atom stereocenters. The molecule has 0 saturated heterocycles. The van der Waals surface area contributed by atoms with Crippen molar-refractivity contribution < 1.29 is 5.11 Å². The van der Waals surface area contributed by atoms with Crippen molar-refractivity contribution in [1.82, 2.24) is 5.32 Å². The number of aryl methyl sites for hydroxylation is 1. The molecule has 0 aliphatic heterocycles. The van der Waals surface area contributed by atoms with Crippen LogP contribution in [0.5, 0.6) is 0 Å². The van der Waals surface area contributed by atoms with Crippen molar-refractivity contribution in [2.75, 3.05) is 6.61 Å². The maximum atomic E-state index is 9.25. The topological polar surface area (TPSA) is 32.3 Å². The molecule has 1 atom stereocenters. The molecule has 0 amide bonds. The highest BCUT2D eigenvalue weighted by atomic mass is 79.9. The molecule has 0 aromatic carbocycles. The van der Waals surface area contributed by atoms with E-state index in [-0.39, 0.29) is 12.1 Å². The molecule has 86 valence electrons. The highest BCUT2D eigenvalue weighted by molar-refractivity contribution is 9.10. The highest BCUT2D eigenvalue weighted by Crippen LogP contribution is 2.26. The maximum Gasteiger partial charge on any atom is 0.0610 e. The number of hydrogen-bond acceptors (Lipinski definition) is 3. The minimum atomic E-state index is -0.162. The second-order valence-electron chi connectivity index (χ2n) is 4.04. The fraction of sp³-hybridized carbons (Fsp3) is 0.636. The zero-order chi connectivity index (χ0) is 11.5. The molecule has 2 nitrogen and oxygen atoms in total. The van der Waals surface area contributed by atoms with Gasteiger partial charge in [-0.25, -0.2) is 0 Å². The van der Waals surface area contributed by atoms with Gasteiger partial charge in [0.25, 0.3) is 0 Å².